The van der Waals surface area contributed by atoms with Crippen LogP contribution in [0.2, 0.25) is 0 Å². The summed E-state index contributed by atoms with van der Waals surface area (Å²) < 4.78 is 5.14. The van der Waals surface area contributed by atoms with Crippen LogP contribution in [0.15, 0.2) is 0 Å². The van der Waals surface area contributed by atoms with Gasteiger partial charge in [-0.2, -0.15) is 0 Å². The van der Waals surface area contributed by atoms with Crippen LogP contribution in [0, 0.1) is 5.92 Å². The van der Waals surface area contributed by atoms with Crippen LogP contribution >= 0.6 is 0 Å². The maximum absolute atomic E-state index is 5.14. The van der Waals surface area contributed by atoms with Crippen LogP contribution in [0.25, 0.3) is 0 Å². The van der Waals surface area contributed by atoms with E-state index >= 15 is 0 Å². The third kappa shape index (κ3) is 4.81. The van der Waals surface area contributed by atoms with Gasteiger partial charge < -0.3 is 10.1 Å². The smallest absolute Gasteiger partial charge is 0.0589 e. The van der Waals surface area contributed by atoms with Crippen molar-refractivity contribution in [3.05, 3.63) is 0 Å². The molecule has 0 spiro atoms. The molecule has 0 aliphatic carbocycles. The average Bonchev–Trinajstić information content (AvgIpc) is 2.34. The average molecular weight is 228 g/mol. The minimum atomic E-state index is 0.690. The summed E-state index contributed by atoms with van der Waals surface area (Å²) in [5.41, 5.74) is 0. The molecule has 1 heterocycles. The standard InChI is InChI=1S/C13H28N2O/c1-4-12-6-7-14-13(10-12)11-15(5-2)8-9-16-3/h12-14H,4-11H2,1-3H3. The van der Waals surface area contributed by atoms with Crippen LogP contribution < -0.4 is 5.32 Å². The summed E-state index contributed by atoms with van der Waals surface area (Å²) in [6.45, 7) is 9.95. The molecule has 0 bridgehead atoms. The summed E-state index contributed by atoms with van der Waals surface area (Å²) in [6.07, 6.45) is 4.04. The predicted molar refractivity (Wildman–Crippen MR) is 68.8 cm³/mol. The Morgan fingerprint density at radius 3 is 2.81 bits per heavy atom. The van der Waals surface area contributed by atoms with Gasteiger partial charge in [-0.25, -0.2) is 0 Å². The number of hydrogen-bond donors (Lipinski definition) is 1. The molecule has 2 unspecified atom stereocenters. The molecule has 0 aromatic carbocycles. The summed E-state index contributed by atoms with van der Waals surface area (Å²) >= 11 is 0. The molecule has 1 aliphatic rings. The molecule has 1 fully saturated rings. The van der Waals surface area contributed by atoms with Gasteiger partial charge in [-0.15, -0.1) is 0 Å². The zero-order chi connectivity index (χ0) is 11.8. The fourth-order valence-corrected chi connectivity index (χ4v) is 2.52. The molecule has 0 aromatic heterocycles. The highest BCUT2D eigenvalue weighted by Crippen LogP contribution is 2.19. The van der Waals surface area contributed by atoms with E-state index in [0.717, 1.165) is 25.6 Å². The maximum atomic E-state index is 5.14. The molecule has 3 heteroatoms. The number of nitrogens with zero attached hydrogens (tertiary/aromatic N) is 1. The van der Waals surface area contributed by atoms with Crippen molar-refractivity contribution in [3.8, 4) is 0 Å². The fourth-order valence-electron chi connectivity index (χ4n) is 2.52. The summed E-state index contributed by atoms with van der Waals surface area (Å²) in [5, 5.41) is 3.64. The molecular formula is C13H28N2O. The Kier molecular flexibility index (Phi) is 7.01. The second-order valence-electron chi connectivity index (χ2n) is 4.84. The Morgan fingerprint density at radius 1 is 1.38 bits per heavy atom. The lowest BCUT2D eigenvalue weighted by Crippen LogP contribution is -2.46. The van der Waals surface area contributed by atoms with E-state index in [1.807, 2.05) is 0 Å². The molecule has 96 valence electrons. The third-order valence-electron chi connectivity index (χ3n) is 3.72. The molecular weight excluding hydrogens is 200 g/mol. The number of nitrogens with one attached hydrogen (secondary N) is 1. The molecule has 1 aliphatic heterocycles. The number of likely N-dealkylation sites (N-methyl/N-ethyl adjacent to an activating group) is 1. The highest BCUT2D eigenvalue weighted by molar-refractivity contribution is 4.80. The van der Waals surface area contributed by atoms with E-state index in [1.54, 1.807) is 7.11 Å². The summed E-state index contributed by atoms with van der Waals surface area (Å²) in [5.74, 6) is 0.937. The van der Waals surface area contributed by atoms with Gasteiger partial charge in [0.25, 0.3) is 0 Å². The van der Waals surface area contributed by atoms with Gasteiger partial charge in [-0.3, -0.25) is 4.90 Å². The number of piperidine rings is 1. The van der Waals surface area contributed by atoms with Crippen molar-refractivity contribution in [3.63, 3.8) is 0 Å². The summed E-state index contributed by atoms with van der Waals surface area (Å²) in [4.78, 5) is 2.49. The molecule has 1 rings (SSSR count). The lowest BCUT2D eigenvalue weighted by molar-refractivity contribution is 0.135. The third-order valence-corrected chi connectivity index (χ3v) is 3.72. The first-order valence-corrected chi connectivity index (χ1v) is 6.74. The van der Waals surface area contributed by atoms with Crippen molar-refractivity contribution in [1.82, 2.24) is 10.2 Å². The van der Waals surface area contributed by atoms with Crippen molar-refractivity contribution < 1.29 is 4.74 Å². The zero-order valence-corrected chi connectivity index (χ0v) is 11.2. The summed E-state index contributed by atoms with van der Waals surface area (Å²) in [7, 11) is 1.78. The number of rotatable bonds is 7. The van der Waals surface area contributed by atoms with Crippen molar-refractivity contribution in [2.24, 2.45) is 5.92 Å². The monoisotopic (exact) mass is 228 g/mol. The van der Waals surface area contributed by atoms with Gasteiger partial charge in [0.2, 0.25) is 0 Å². The lowest BCUT2D eigenvalue weighted by atomic mass is 9.90. The first-order chi connectivity index (χ1) is 7.80. The minimum Gasteiger partial charge on any atom is -0.383 e. The Labute approximate surface area is 101 Å². The fraction of sp³-hybridized carbons (Fsp3) is 1.00. The second-order valence-corrected chi connectivity index (χ2v) is 4.84. The van der Waals surface area contributed by atoms with Gasteiger partial charge in [0.05, 0.1) is 6.61 Å². The molecule has 0 amide bonds. The summed E-state index contributed by atoms with van der Waals surface area (Å²) in [6, 6.07) is 0.690. The van der Waals surface area contributed by atoms with E-state index in [0.29, 0.717) is 6.04 Å². The Morgan fingerprint density at radius 2 is 2.19 bits per heavy atom. The molecule has 2 atom stereocenters. The molecule has 0 radical (unpaired) electrons. The number of ether oxygens (including phenoxy) is 1. The van der Waals surface area contributed by atoms with E-state index in [2.05, 4.69) is 24.1 Å². The predicted octanol–water partition coefficient (Wildman–Crippen LogP) is 1.73. The van der Waals surface area contributed by atoms with E-state index in [9.17, 15) is 0 Å². The van der Waals surface area contributed by atoms with Gasteiger partial charge >= 0.3 is 0 Å². The minimum absolute atomic E-state index is 0.690. The molecule has 0 aromatic rings. The largest absolute Gasteiger partial charge is 0.383 e. The quantitative estimate of drug-likeness (QED) is 0.718. The van der Waals surface area contributed by atoms with Gasteiger partial charge in [0.1, 0.15) is 0 Å². The highest BCUT2D eigenvalue weighted by atomic mass is 16.5. The van der Waals surface area contributed by atoms with E-state index < -0.39 is 0 Å². The van der Waals surface area contributed by atoms with Crippen LogP contribution in [0.4, 0.5) is 0 Å². The normalized spacial score (nSPS) is 26.2. The Balaban J connectivity index is 2.27. The van der Waals surface area contributed by atoms with Crippen molar-refractivity contribution in [2.75, 3.05) is 39.9 Å². The first-order valence-electron chi connectivity index (χ1n) is 6.74. The van der Waals surface area contributed by atoms with Crippen LogP contribution in [-0.4, -0.2) is 50.8 Å². The van der Waals surface area contributed by atoms with E-state index in [4.69, 9.17) is 4.74 Å². The molecule has 16 heavy (non-hydrogen) atoms. The molecule has 0 saturated carbocycles. The highest BCUT2D eigenvalue weighted by Gasteiger charge is 2.21. The van der Waals surface area contributed by atoms with Crippen LogP contribution in [0.1, 0.15) is 33.1 Å². The first kappa shape index (κ1) is 13.9. The van der Waals surface area contributed by atoms with Gasteiger partial charge in [-0.05, 0) is 31.8 Å². The Bertz CT molecular complexity index is 175. The van der Waals surface area contributed by atoms with E-state index in [1.165, 1.54) is 32.4 Å². The number of hydrogen-bond acceptors (Lipinski definition) is 3. The molecule has 1 saturated heterocycles. The molecule has 3 nitrogen and oxygen atoms in total. The van der Waals surface area contributed by atoms with Crippen molar-refractivity contribution >= 4 is 0 Å². The van der Waals surface area contributed by atoms with Crippen molar-refractivity contribution in [2.45, 2.75) is 39.2 Å². The van der Waals surface area contributed by atoms with Crippen molar-refractivity contribution in [1.29, 1.82) is 0 Å². The number of methoxy groups -OCH3 is 1. The topological polar surface area (TPSA) is 24.5 Å². The van der Waals surface area contributed by atoms with Crippen LogP contribution in [-0.2, 0) is 4.74 Å². The maximum Gasteiger partial charge on any atom is 0.0589 e. The molecule has 1 N–H and O–H groups in total. The van der Waals surface area contributed by atoms with Crippen LogP contribution in [0.5, 0.6) is 0 Å². The zero-order valence-electron chi connectivity index (χ0n) is 11.2. The van der Waals surface area contributed by atoms with Gasteiger partial charge in [0.15, 0.2) is 0 Å². The Hall–Kier alpha value is -0.120. The lowest BCUT2D eigenvalue weighted by Gasteiger charge is -2.33. The SMILES string of the molecule is CCC1CCNC(CN(CC)CCOC)C1. The van der Waals surface area contributed by atoms with Gasteiger partial charge in [0, 0.05) is 26.2 Å². The van der Waals surface area contributed by atoms with Gasteiger partial charge in [-0.1, -0.05) is 20.3 Å². The van der Waals surface area contributed by atoms with E-state index in [-0.39, 0.29) is 0 Å². The second kappa shape index (κ2) is 8.04. The van der Waals surface area contributed by atoms with Crippen LogP contribution in [0.3, 0.4) is 0 Å².